The van der Waals surface area contributed by atoms with E-state index < -0.39 is 5.54 Å². The van der Waals surface area contributed by atoms with E-state index in [-0.39, 0.29) is 11.7 Å². The van der Waals surface area contributed by atoms with E-state index in [1.807, 2.05) is 30.3 Å². The first-order chi connectivity index (χ1) is 9.12. The third-order valence-electron chi connectivity index (χ3n) is 3.24. The van der Waals surface area contributed by atoms with Gasteiger partial charge in [0, 0.05) is 5.57 Å². The molecule has 1 heterocycles. The zero-order valence-electron chi connectivity index (χ0n) is 9.89. The van der Waals surface area contributed by atoms with Crippen LogP contribution in [-0.4, -0.2) is 17.2 Å². The Morgan fingerprint density at radius 3 is 2.26 bits per heavy atom. The maximum absolute atomic E-state index is 12.0. The van der Waals surface area contributed by atoms with Crippen LogP contribution < -0.4 is 5.32 Å². The summed E-state index contributed by atoms with van der Waals surface area (Å²) in [6, 6.07) is 9.74. The molecule has 0 unspecified atom stereocenters. The molecule has 94 valence electrons. The summed E-state index contributed by atoms with van der Waals surface area (Å²) in [4.78, 5) is 23.3. The van der Waals surface area contributed by atoms with Crippen LogP contribution in [0.5, 0.6) is 0 Å². The van der Waals surface area contributed by atoms with Crippen LogP contribution in [0.3, 0.4) is 0 Å². The number of rotatable bonds is 1. The lowest BCUT2D eigenvalue weighted by molar-refractivity contribution is -0.116. The van der Waals surface area contributed by atoms with Gasteiger partial charge < -0.3 is 5.32 Å². The van der Waals surface area contributed by atoms with Gasteiger partial charge in [0.1, 0.15) is 5.54 Å². The number of hydrogen-bond acceptors (Lipinski definition) is 2. The fraction of sp³-hybridized carbons (Fsp3) is 0.0667. The molecule has 0 bridgehead atoms. The van der Waals surface area contributed by atoms with E-state index in [4.69, 9.17) is 0 Å². The number of nitrogens with one attached hydrogen (secondary N) is 1. The molecule has 0 saturated heterocycles. The second kappa shape index (κ2) is 4.45. The average molecular weight is 363 g/mol. The Labute approximate surface area is 124 Å². The van der Waals surface area contributed by atoms with Crippen molar-refractivity contribution in [1.29, 1.82) is 0 Å². The first-order valence-electron chi connectivity index (χ1n) is 5.83. The number of hydrogen-bond donors (Lipinski definition) is 1. The third-order valence-corrected chi connectivity index (χ3v) is 4.27. The normalized spacial score (nSPS) is 20.3. The predicted molar refractivity (Wildman–Crippen MR) is 81.5 cm³/mol. The number of carbonyl (C=O) groups excluding carboxylic acids is 2. The van der Waals surface area contributed by atoms with Crippen molar-refractivity contribution in [2.24, 2.45) is 0 Å². The van der Waals surface area contributed by atoms with Crippen molar-refractivity contribution < 1.29 is 9.59 Å². The summed E-state index contributed by atoms with van der Waals surface area (Å²) < 4.78 is 0.660. The van der Waals surface area contributed by atoms with Gasteiger partial charge in [-0.2, -0.15) is 0 Å². The lowest BCUT2D eigenvalue weighted by atomic mass is 9.84. The van der Waals surface area contributed by atoms with Crippen LogP contribution in [0, 0.1) is 0 Å². The highest BCUT2D eigenvalue weighted by atomic mass is 127. The number of amides is 1. The van der Waals surface area contributed by atoms with E-state index in [1.54, 1.807) is 12.2 Å². The zero-order chi connectivity index (χ0) is 13.5. The largest absolute Gasteiger partial charge is 0.335 e. The third kappa shape index (κ3) is 1.96. The first-order valence-corrected chi connectivity index (χ1v) is 6.91. The van der Waals surface area contributed by atoms with E-state index in [0.717, 1.165) is 11.1 Å². The zero-order valence-corrected chi connectivity index (χ0v) is 12.0. The van der Waals surface area contributed by atoms with E-state index in [2.05, 4.69) is 27.9 Å². The minimum atomic E-state index is -0.692. The lowest BCUT2D eigenvalue weighted by Crippen LogP contribution is -2.41. The van der Waals surface area contributed by atoms with Crippen LogP contribution in [0.25, 0.3) is 5.57 Å². The Morgan fingerprint density at radius 1 is 1.00 bits per heavy atom. The van der Waals surface area contributed by atoms with Gasteiger partial charge in [-0.1, -0.05) is 30.3 Å². The molecule has 19 heavy (non-hydrogen) atoms. The van der Waals surface area contributed by atoms with E-state index >= 15 is 0 Å². The minimum Gasteiger partial charge on any atom is -0.335 e. The van der Waals surface area contributed by atoms with Crippen molar-refractivity contribution in [2.45, 2.75) is 5.54 Å². The maximum Gasteiger partial charge on any atom is 0.259 e. The molecule has 1 aromatic rings. The monoisotopic (exact) mass is 363 g/mol. The fourth-order valence-corrected chi connectivity index (χ4v) is 3.25. The van der Waals surface area contributed by atoms with Crippen LogP contribution >= 0.6 is 22.6 Å². The second-order valence-electron chi connectivity index (χ2n) is 4.45. The van der Waals surface area contributed by atoms with Gasteiger partial charge in [-0.25, -0.2) is 0 Å². The minimum absolute atomic E-state index is 0.0609. The molecule has 3 nitrogen and oxygen atoms in total. The molecule has 1 aromatic carbocycles. The predicted octanol–water partition coefficient (Wildman–Crippen LogP) is 2.40. The van der Waals surface area contributed by atoms with Crippen molar-refractivity contribution >= 4 is 39.9 Å². The number of allylic oxidation sites excluding steroid dienone is 2. The van der Waals surface area contributed by atoms with Gasteiger partial charge in [0.25, 0.3) is 5.91 Å². The summed E-state index contributed by atoms with van der Waals surface area (Å²) >= 11 is 2.06. The molecule has 4 heteroatoms. The van der Waals surface area contributed by atoms with E-state index in [0.29, 0.717) is 3.58 Å². The smallest absolute Gasteiger partial charge is 0.259 e. The molecule has 1 amide bonds. The highest BCUT2D eigenvalue weighted by molar-refractivity contribution is 14.1. The highest BCUT2D eigenvalue weighted by Crippen LogP contribution is 2.41. The molecule has 1 aliphatic carbocycles. The SMILES string of the molecule is O=C1C=CC2(C=C1)NC(=O)C(I)=C2c1ccccc1. The number of ketones is 1. The second-order valence-corrected chi connectivity index (χ2v) is 5.53. The quantitative estimate of drug-likeness (QED) is 0.779. The molecule has 0 aromatic heterocycles. The maximum atomic E-state index is 12.0. The highest BCUT2D eigenvalue weighted by Gasteiger charge is 2.42. The summed E-state index contributed by atoms with van der Waals surface area (Å²) in [5.41, 5.74) is 1.19. The van der Waals surface area contributed by atoms with Crippen molar-refractivity contribution in [3.05, 3.63) is 63.8 Å². The molecule has 0 fully saturated rings. The van der Waals surface area contributed by atoms with Gasteiger partial charge in [-0.05, 0) is 52.5 Å². The Balaban J connectivity index is 2.18. The van der Waals surface area contributed by atoms with Crippen LogP contribution in [0.2, 0.25) is 0 Å². The Kier molecular flexibility index (Phi) is 2.89. The summed E-state index contributed by atoms with van der Waals surface area (Å²) in [6.45, 7) is 0. The van der Waals surface area contributed by atoms with Gasteiger partial charge in [-0.3, -0.25) is 9.59 Å². The fourth-order valence-electron chi connectivity index (χ4n) is 2.36. The van der Waals surface area contributed by atoms with Gasteiger partial charge in [0.15, 0.2) is 5.78 Å². The topological polar surface area (TPSA) is 46.2 Å². The Bertz CT molecular complexity index is 640. The summed E-state index contributed by atoms with van der Waals surface area (Å²) in [7, 11) is 0. The summed E-state index contributed by atoms with van der Waals surface area (Å²) in [5, 5.41) is 2.94. The number of halogens is 1. The van der Waals surface area contributed by atoms with E-state index in [9.17, 15) is 9.59 Å². The van der Waals surface area contributed by atoms with Gasteiger partial charge in [0.2, 0.25) is 0 Å². The molecule has 1 spiro atoms. The van der Waals surface area contributed by atoms with E-state index in [1.165, 1.54) is 12.2 Å². The molecule has 3 rings (SSSR count). The Morgan fingerprint density at radius 2 is 1.63 bits per heavy atom. The molecular weight excluding hydrogens is 353 g/mol. The van der Waals surface area contributed by atoms with Crippen molar-refractivity contribution in [1.82, 2.24) is 5.32 Å². The molecule has 0 saturated carbocycles. The summed E-state index contributed by atoms with van der Waals surface area (Å²) in [5.74, 6) is -0.169. The number of benzene rings is 1. The average Bonchev–Trinajstić information content (AvgIpc) is 2.66. The molecule has 1 N–H and O–H groups in total. The molecule has 1 aliphatic heterocycles. The van der Waals surface area contributed by atoms with Crippen LogP contribution in [0.15, 0.2) is 58.2 Å². The molecule has 0 radical (unpaired) electrons. The lowest BCUT2D eigenvalue weighted by Gasteiger charge is -2.27. The first kappa shape index (κ1) is 12.3. The standard InChI is InChI=1S/C15H10INO2/c16-13-12(10-4-2-1-3-5-10)15(17-14(13)19)8-6-11(18)7-9-15/h1-9H,(H,17,19). The number of carbonyl (C=O) groups is 2. The molecular formula is C15H10INO2. The van der Waals surface area contributed by atoms with Gasteiger partial charge >= 0.3 is 0 Å². The molecule has 2 aliphatic rings. The van der Waals surface area contributed by atoms with Crippen LogP contribution in [0.4, 0.5) is 0 Å². The molecule has 0 atom stereocenters. The van der Waals surface area contributed by atoms with Crippen LogP contribution in [-0.2, 0) is 9.59 Å². The van der Waals surface area contributed by atoms with Crippen LogP contribution in [0.1, 0.15) is 5.56 Å². The van der Waals surface area contributed by atoms with Gasteiger partial charge in [-0.15, -0.1) is 0 Å². The van der Waals surface area contributed by atoms with Gasteiger partial charge in [0.05, 0.1) is 3.58 Å². The van der Waals surface area contributed by atoms with Crippen molar-refractivity contribution in [3.8, 4) is 0 Å². The Hall–Kier alpha value is -1.69. The summed E-state index contributed by atoms with van der Waals surface area (Å²) in [6.07, 6.45) is 6.50. The van der Waals surface area contributed by atoms with Crippen molar-refractivity contribution in [3.63, 3.8) is 0 Å². The van der Waals surface area contributed by atoms with Crippen molar-refractivity contribution in [2.75, 3.05) is 0 Å².